The molecule has 0 aromatic carbocycles. The van der Waals surface area contributed by atoms with Gasteiger partial charge in [0.1, 0.15) is 0 Å². The van der Waals surface area contributed by atoms with Crippen molar-refractivity contribution in [2.24, 2.45) is 22.7 Å². The van der Waals surface area contributed by atoms with Gasteiger partial charge in [-0.3, -0.25) is 0 Å². The standard InChI is InChI=1S/C17H31NO/c1-16(2)13-8-9-17(3,10-13)15(16)18-14-7-5-4-6-12(14)11-19/h12-15,18-19H,4-11H2,1-3H3/t12?,13-,14?,15?,17+/m0/s1. The first-order valence-electron chi connectivity index (χ1n) is 8.34. The maximum atomic E-state index is 9.62. The third kappa shape index (κ3) is 2.15. The highest BCUT2D eigenvalue weighted by molar-refractivity contribution is 5.12. The van der Waals surface area contributed by atoms with Gasteiger partial charge in [-0.2, -0.15) is 0 Å². The Morgan fingerprint density at radius 1 is 1.11 bits per heavy atom. The summed E-state index contributed by atoms with van der Waals surface area (Å²) in [5, 5.41) is 13.6. The number of hydrogen-bond donors (Lipinski definition) is 2. The lowest BCUT2D eigenvalue weighted by atomic mass is 9.67. The van der Waals surface area contributed by atoms with Gasteiger partial charge in [0.2, 0.25) is 0 Å². The molecule has 0 aromatic heterocycles. The largest absolute Gasteiger partial charge is 0.396 e. The number of nitrogens with one attached hydrogen (secondary N) is 1. The second-order valence-electron chi connectivity index (χ2n) is 8.35. The van der Waals surface area contributed by atoms with Gasteiger partial charge in [0.25, 0.3) is 0 Å². The average Bonchev–Trinajstić information content (AvgIpc) is 2.86. The maximum Gasteiger partial charge on any atom is 0.0474 e. The molecule has 0 radical (unpaired) electrons. The molecule has 2 bridgehead atoms. The van der Waals surface area contributed by atoms with E-state index in [1.54, 1.807) is 0 Å². The van der Waals surface area contributed by atoms with Crippen molar-refractivity contribution < 1.29 is 5.11 Å². The van der Waals surface area contributed by atoms with Crippen LogP contribution in [0, 0.1) is 22.7 Å². The summed E-state index contributed by atoms with van der Waals surface area (Å²) in [7, 11) is 0. The molecule has 0 spiro atoms. The Morgan fingerprint density at radius 3 is 2.47 bits per heavy atom. The molecule has 3 aliphatic carbocycles. The van der Waals surface area contributed by atoms with Crippen LogP contribution >= 0.6 is 0 Å². The van der Waals surface area contributed by atoms with Gasteiger partial charge in [-0.1, -0.05) is 33.6 Å². The van der Waals surface area contributed by atoms with Gasteiger partial charge in [0.15, 0.2) is 0 Å². The predicted octanol–water partition coefficient (Wildman–Crippen LogP) is 3.34. The van der Waals surface area contributed by atoms with E-state index in [1.807, 2.05) is 0 Å². The van der Waals surface area contributed by atoms with E-state index in [0.29, 0.717) is 35.4 Å². The first-order valence-corrected chi connectivity index (χ1v) is 8.34. The van der Waals surface area contributed by atoms with E-state index in [1.165, 1.54) is 44.9 Å². The van der Waals surface area contributed by atoms with Crippen LogP contribution < -0.4 is 5.32 Å². The Balaban J connectivity index is 1.75. The fourth-order valence-corrected chi connectivity index (χ4v) is 5.58. The van der Waals surface area contributed by atoms with Gasteiger partial charge in [0, 0.05) is 18.7 Å². The number of rotatable bonds is 3. The van der Waals surface area contributed by atoms with Crippen LogP contribution in [-0.2, 0) is 0 Å². The summed E-state index contributed by atoms with van der Waals surface area (Å²) in [5.41, 5.74) is 0.941. The summed E-state index contributed by atoms with van der Waals surface area (Å²) < 4.78 is 0. The molecule has 0 saturated heterocycles. The van der Waals surface area contributed by atoms with Crippen molar-refractivity contribution in [2.75, 3.05) is 6.61 Å². The molecule has 3 saturated carbocycles. The highest BCUT2D eigenvalue weighted by Gasteiger charge is 2.59. The molecule has 3 fully saturated rings. The molecule has 2 nitrogen and oxygen atoms in total. The Hall–Kier alpha value is -0.0800. The van der Waals surface area contributed by atoms with Crippen LogP contribution in [0.1, 0.15) is 65.7 Å². The molecule has 3 aliphatic rings. The smallest absolute Gasteiger partial charge is 0.0474 e. The van der Waals surface area contributed by atoms with Crippen LogP contribution in [0.25, 0.3) is 0 Å². The summed E-state index contributed by atoms with van der Waals surface area (Å²) in [6.45, 7) is 7.80. The van der Waals surface area contributed by atoms with Crippen molar-refractivity contribution in [2.45, 2.75) is 77.8 Å². The van der Waals surface area contributed by atoms with Crippen molar-refractivity contribution in [3.05, 3.63) is 0 Å². The van der Waals surface area contributed by atoms with Gasteiger partial charge in [-0.15, -0.1) is 0 Å². The minimum absolute atomic E-state index is 0.366. The third-order valence-electron chi connectivity index (χ3n) is 6.79. The zero-order chi connectivity index (χ0) is 13.7. The molecule has 2 N–H and O–H groups in total. The Labute approximate surface area is 118 Å². The highest BCUT2D eigenvalue weighted by atomic mass is 16.3. The predicted molar refractivity (Wildman–Crippen MR) is 79.0 cm³/mol. The average molecular weight is 265 g/mol. The lowest BCUT2D eigenvalue weighted by Crippen LogP contribution is -2.56. The fourth-order valence-electron chi connectivity index (χ4n) is 5.58. The highest BCUT2D eigenvalue weighted by Crippen LogP contribution is 2.62. The van der Waals surface area contributed by atoms with E-state index in [9.17, 15) is 5.11 Å². The van der Waals surface area contributed by atoms with Crippen molar-refractivity contribution in [1.82, 2.24) is 5.32 Å². The van der Waals surface area contributed by atoms with Crippen molar-refractivity contribution >= 4 is 0 Å². The van der Waals surface area contributed by atoms with Crippen LogP contribution in [-0.4, -0.2) is 23.8 Å². The molecule has 2 heteroatoms. The summed E-state index contributed by atoms with van der Waals surface area (Å²) in [5.74, 6) is 1.40. The maximum absolute atomic E-state index is 9.62. The Bertz CT molecular complexity index is 335. The van der Waals surface area contributed by atoms with Crippen LogP contribution in [0.5, 0.6) is 0 Å². The summed E-state index contributed by atoms with van der Waals surface area (Å²) in [4.78, 5) is 0. The second-order valence-corrected chi connectivity index (χ2v) is 8.35. The molecular formula is C17H31NO. The van der Waals surface area contributed by atoms with Crippen LogP contribution in [0.4, 0.5) is 0 Å². The molecule has 3 unspecified atom stereocenters. The Kier molecular flexibility index (Phi) is 3.46. The van der Waals surface area contributed by atoms with Gasteiger partial charge >= 0.3 is 0 Å². The molecule has 0 heterocycles. The molecule has 0 aromatic rings. The minimum Gasteiger partial charge on any atom is -0.396 e. The minimum atomic E-state index is 0.366. The number of hydrogen-bond acceptors (Lipinski definition) is 2. The second kappa shape index (κ2) is 4.73. The molecule has 0 amide bonds. The number of aliphatic hydroxyl groups is 1. The third-order valence-corrected chi connectivity index (χ3v) is 6.79. The zero-order valence-electron chi connectivity index (χ0n) is 12.9. The summed E-state index contributed by atoms with van der Waals surface area (Å²) >= 11 is 0. The molecule has 3 rings (SSSR count). The molecule has 110 valence electrons. The van der Waals surface area contributed by atoms with Crippen LogP contribution in [0.3, 0.4) is 0 Å². The fraction of sp³-hybridized carbons (Fsp3) is 1.00. The topological polar surface area (TPSA) is 32.3 Å². The van der Waals surface area contributed by atoms with Crippen molar-refractivity contribution in [3.63, 3.8) is 0 Å². The van der Waals surface area contributed by atoms with E-state index < -0.39 is 0 Å². The van der Waals surface area contributed by atoms with Gasteiger partial charge in [0.05, 0.1) is 0 Å². The Morgan fingerprint density at radius 2 is 1.84 bits per heavy atom. The number of aliphatic hydroxyl groups excluding tert-OH is 1. The lowest BCUT2D eigenvalue weighted by molar-refractivity contribution is 0.0673. The number of fused-ring (bicyclic) bond motifs is 2. The monoisotopic (exact) mass is 265 g/mol. The molecule has 19 heavy (non-hydrogen) atoms. The van der Waals surface area contributed by atoms with E-state index >= 15 is 0 Å². The van der Waals surface area contributed by atoms with Gasteiger partial charge in [-0.05, 0) is 54.8 Å². The normalized spacial score (nSPS) is 48.6. The van der Waals surface area contributed by atoms with E-state index in [2.05, 4.69) is 26.1 Å². The quantitative estimate of drug-likeness (QED) is 0.820. The first kappa shape index (κ1) is 13.9. The van der Waals surface area contributed by atoms with Crippen molar-refractivity contribution in [3.8, 4) is 0 Å². The van der Waals surface area contributed by atoms with E-state index in [4.69, 9.17) is 0 Å². The van der Waals surface area contributed by atoms with E-state index in [0.717, 1.165) is 5.92 Å². The lowest BCUT2D eigenvalue weighted by Gasteiger charge is -2.47. The molecule has 0 aliphatic heterocycles. The van der Waals surface area contributed by atoms with Gasteiger partial charge < -0.3 is 10.4 Å². The molecule has 5 atom stereocenters. The summed E-state index contributed by atoms with van der Waals surface area (Å²) in [6, 6.07) is 1.20. The van der Waals surface area contributed by atoms with Crippen LogP contribution in [0.2, 0.25) is 0 Å². The molecular weight excluding hydrogens is 234 g/mol. The zero-order valence-corrected chi connectivity index (χ0v) is 12.9. The van der Waals surface area contributed by atoms with Crippen molar-refractivity contribution in [1.29, 1.82) is 0 Å². The first-order chi connectivity index (χ1) is 8.97. The SMILES string of the molecule is CC1(C)C(NC2CCCCC2CO)[C@]2(C)CC[C@H]1C2. The van der Waals surface area contributed by atoms with E-state index in [-0.39, 0.29) is 0 Å². The van der Waals surface area contributed by atoms with Gasteiger partial charge in [-0.25, -0.2) is 0 Å². The van der Waals surface area contributed by atoms with Crippen LogP contribution in [0.15, 0.2) is 0 Å². The summed E-state index contributed by atoms with van der Waals surface area (Å²) in [6.07, 6.45) is 9.35.